The molecule has 1 atom stereocenters. The van der Waals surface area contributed by atoms with Crippen LogP contribution in [0.5, 0.6) is 0 Å². The summed E-state index contributed by atoms with van der Waals surface area (Å²) in [4.78, 5) is 18.1. The summed E-state index contributed by atoms with van der Waals surface area (Å²) in [5.74, 6) is -1.00. The summed E-state index contributed by atoms with van der Waals surface area (Å²) < 4.78 is 40.8. The van der Waals surface area contributed by atoms with Crippen LogP contribution in [-0.2, 0) is 4.79 Å². The predicted octanol–water partition coefficient (Wildman–Crippen LogP) is 4.99. The third-order valence-electron chi connectivity index (χ3n) is 7.05. The largest absolute Gasteiger partial charge is 0.391 e. The van der Waals surface area contributed by atoms with Gasteiger partial charge in [0.05, 0.1) is 17.3 Å². The van der Waals surface area contributed by atoms with Crippen molar-refractivity contribution >= 4 is 12.1 Å². The number of amides is 1. The van der Waals surface area contributed by atoms with Gasteiger partial charge >= 0.3 is 6.18 Å². The van der Waals surface area contributed by atoms with E-state index in [9.17, 15) is 18.0 Å². The first-order valence-electron chi connectivity index (χ1n) is 10.7. The number of aryl methyl sites for hydroxylation is 1. The Balaban J connectivity index is 1.61. The first-order valence-corrected chi connectivity index (χ1v) is 10.7. The highest BCUT2D eigenvalue weighted by Gasteiger charge is 2.42. The van der Waals surface area contributed by atoms with Crippen molar-refractivity contribution in [3.63, 3.8) is 0 Å². The molecule has 30 heavy (non-hydrogen) atoms. The normalized spacial score (nSPS) is 27.4. The molecule has 3 heterocycles. The Morgan fingerprint density at radius 2 is 1.80 bits per heavy atom. The van der Waals surface area contributed by atoms with Gasteiger partial charge in [0, 0.05) is 35.7 Å². The molecule has 1 saturated heterocycles. The quantitative estimate of drug-likeness (QED) is 0.655. The number of aromatic nitrogens is 3. The van der Waals surface area contributed by atoms with E-state index in [1.807, 2.05) is 28.5 Å². The highest BCUT2D eigenvalue weighted by atomic mass is 19.4. The molecule has 0 aromatic carbocycles. The lowest BCUT2D eigenvalue weighted by Crippen LogP contribution is -2.49. The van der Waals surface area contributed by atoms with E-state index in [1.165, 1.54) is 0 Å². The van der Waals surface area contributed by atoms with Gasteiger partial charge in [-0.1, -0.05) is 0 Å². The Labute approximate surface area is 174 Å². The minimum Gasteiger partial charge on any atom is -0.339 e. The van der Waals surface area contributed by atoms with E-state index in [4.69, 9.17) is 5.10 Å². The topological polar surface area (TPSA) is 50.5 Å². The van der Waals surface area contributed by atoms with Gasteiger partial charge in [-0.25, -0.2) is 9.50 Å². The van der Waals surface area contributed by atoms with E-state index in [1.54, 1.807) is 0 Å². The van der Waals surface area contributed by atoms with E-state index in [-0.39, 0.29) is 30.2 Å². The van der Waals surface area contributed by atoms with Gasteiger partial charge < -0.3 is 4.90 Å². The molecule has 2 aromatic rings. The van der Waals surface area contributed by atoms with E-state index >= 15 is 0 Å². The van der Waals surface area contributed by atoms with Crippen molar-refractivity contribution in [2.45, 2.75) is 82.8 Å². The van der Waals surface area contributed by atoms with Crippen LogP contribution in [-0.4, -0.2) is 44.2 Å². The summed E-state index contributed by atoms with van der Waals surface area (Å²) in [6.07, 6.45) is -0.0187. The van der Waals surface area contributed by atoms with Crippen LogP contribution in [0.25, 0.3) is 5.65 Å². The fourth-order valence-corrected chi connectivity index (χ4v) is 5.03. The second-order valence-corrected chi connectivity index (χ2v) is 9.56. The van der Waals surface area contributed by atoms with Gasteiger partial charge in [0.2, 0.25) is 6.41 Å². The fourth-order valence-electron chi connectivity index (χ4n) is 5.03. The molecule has 2 fully saturated rings. The molecule has 0 bridgehead atoms. The molecule has 8 heteroatoms. The second kappa shape index (κ2) is 7.54. The molecule has 0 N–H and O–H groups in total. The zero-order valence-electron chi connectivity index (χ0n) is 17.7. The van der Waals surface area contributed by atoms with Crippen LogP contribution in [0.4, 0.5) is 13.2 Å². The zero-order valence-corrected chi connectivity index (χ0v) is 17.7. The number of halogens is 3. The standard InChI is InChI=1S/C22H29F3N4O/c1-14-10-19(16-8-9-21(2,3)28(12-16)13-30)29-20(26-14)11-18(27-29)15-4-6-17(7-5-15)22(23,24)25/h10-11,13,15-17H,4-9,12H2,1-3H3/t15-,16-,17-/m0/s1. The number of carbonyl (C=O) groups is 1. The Hall–Kier alpha value is -2.12. The molecule has 0 spiro atoms. The van der Waals surface area contributed by atoms with Gasteiger partial charge in [-0.15, -0.1) is 0 Å². The maximum absolute atomic E-state index is 13.0. The van der Waals surface area contributed by atoms with E-state index in [2.05, 4.69) is 18.8 Å². The molecule has 1 saturated carbocycles. The van der Waals surface area contributed by atoms with Crippen LogP contribution in [0.15, 0.2) is 12.1 Å². The van der Waals surface area contributed by atoms with Crippen molar-refractivity contribution in [1.82, 2.24) is 19.5 Å². The summed E-state index contributed by atoms with van der Waals surface area (Å²) in [5, 5.41) is 4.79. The molecular weight excluding hydrogens is 393 g/mol. The number of alkyl halides is 3. The smallest absolute Gasteiger partial charge is 0.339 e. The van der Waals surface area contributed by atoms with Gasteiger partial charge in [-0.05, 0) is 65.4 Å². The van der Waals surface area contributed by atoms with Crippen LogP contribution in [0, 0.1) is 12.8 Å². The molecule has 2 aromatic heterocycles. The van der Waals surface area contributed by atoms with Gasteiger partial charge in [0.1, 0.15) is 0 Å². The van der Waals surface area contributed by atoms with Crippen LogP contribution >= 0.6 is 0 Å². The van der Waals surface area contributed by atoms with Gasteiger partial charge in [0.25, 0.3) is 0 Å². The molecule has 1 aliphatic heterocycles. The maximum Gasteiger partial charge on any atom is 0.391 e. The average Bonchev–Trinajstić information content (AvgIpc) is 3.10. The molecule has 5 nitrogen and oxygen atoms in total. The fraction of sp³-hybridized carbons (Fsp3) is 0.682. The van der Waals surface area contributed by atoms with Gasteiger partial charge in [0.15, 0.2) is 5.65 Å². The molecule has 4 rings (SSSR count). The highest BCUT2D eigenvalue weighted by Crippen LogP contribution is 2.43. The zero-order chi connectivity index (χ0) is 21.7. The summed E-state index contributed by atoms with van der Waals surface area (Å²) in [6, 6.07) is 3.95. The van der Waals surface area contributed by atoms with E-state index in [0.717, 1.165) is 42.0 Å². The Morgan fingerprint density at radius 3 is 2.43 bits per heavy atom. The number of fused-ring (bicyclic) bond motifs is 1. The van der Waals surface area contributed by atoms with Crippen LogP contribution in [0.3, 0.4) is 0 Å². The van der Waals surface area contributed by atoms with Crippen molar-refractivity contribution in [2.75, 3.05) is 6.54 Å². The van der Waals surface area contributed by atoms with Crippen molar-refractivity contribution in [2.24, 2.45) is 5.92 Å². The van der Waals surface area contributed by atoms with E-state index < -0.39 is 12.1 Å². The lowest BCUT2D eigenvalue weighted by molar-refractivity contribution is -0.182. The number of likely N-dealkylation sites (tertiary alicyclic amines) is 1. The second-order valence-electron chi connectivity index (χ2n) is 9.56. The Morgan fingerprint density at radius 1 is 1.10 bits per heavy atom. The van der Waals surface area contributed by atoms with Crippen LogP contribution in [0.2, 0.25) is 0 Å². The van der Waals surface area contributed by atoms with Crippen molar-refractivity contribution < 1.29 is 18.0 Å². The maximum atomic E-state index is 13.0. The lowest BCUT2D eigenvalue weighted by Gasteiger charge is -2.43. The van der Waals surface area contributed by atoms with Crippen molar-refractivity contribution in [1.29, 1.82) is 0 Å². The monoisotopic (exact) mass is 422 g/mol. The molecule has 1 amide bonds. The summed E-state index contributed by atoms with van der Waals surface area (Å²) in [6.45, 7) is 6.72. The minimum atomic E-state index is -4.10. The Bertz CT molecular complexity index is 928. The first-order chi connectivity index (χ1) is 14.1. The van der Waals surface area contributed by atoms with Crippen molar-refractivity contribution in [3.05, 3.63) is 29.2 Å². The number of piperidine rings is 1. The molecule has 0 unspecified atom stereocenters. The third-order valence-corrected chi connectivity index (χ3v) is 7.05. The number of nitrogens with zero attached hydrogens (tertiary/aromatic N) is 4. The molecule has 2 aliphatic rings. The summed E-state index contributed by atoms with van der Waals surface area (Å²) in [7, 11) is 0. The summed E-state index contributed by atoms with van der Waals surface area (Å²) in [5.41, 5.74) is 3.31. The SMILES string of the molecule is Cc1cc([C@H]2CCC(C)(C)N(C=O)C2)n2nc([C@H]3CC[C@H](C(F)(F)F)CC3)cc2n1. The Kier molecular flexibility index (Phi) is 5.31. The lowest BCUT2D eigenvalue weighted by atomic mass is 9.80. The molecule has 164 valence electrons. The predicted molar refractivity (Wildman–Crippen MR) is 107 cm³/mol. The van der Waals surface area contributed by atoms with Gasteiger partial charge in [-0.3, -0.25) is 4.79 Å². The minimum absolute atomic E-state index is 0.0372. The number of carbonyl (C=O) groups excluding carboxylic acids is 1. The average molecular weight is 422 g/mol. The molecular formula is C22H29F3N4O. The van der Waals surface area contributed by atoms with Crippen molar-refractivity contribution in [3.8, 4) is 0 Å². The first kappa shape index (κ1) is 21.1. The number of hydrogen-bond donors (Lipinski definition) is 0. The van der Waals surface area contributed by atoms with E-state index in [0.29, 0.717) is 19.4 Å². The number of hydrogen-bond acceptors (Lipinski definition) is 3. The highest BCUT2D eigenvalue weighted by molar-refractivity contribution is 5.50. The molecule has 1 aliphatic carbocycles. The van der Waals surface area contributed by atoms with Crippen LogP contribution < -0.4 is 0 Å². The molecule has 0 radical (unpaired) electrons. The summed E-state index contributed by atoms with van der Waals surface area (Å²) >= 11 is 0. The van der Waals surface area contributed by atoms with Crippen LogP contribution in [0.1, 0.15) is 81.3 Å². The number of rotatable bonds is 3. The third kappa shape index (κ3) is 3.93. The van der Waals surface area contributed by atoms with Gasteiger partial charge in [-0.2, -0.15) is 18.3 Å².